The Hall–Kier alpha value is -3.00. The second kappa shape index (κ2) is 6.48. The van der Waals surface area contributed by atoms with Crippen molar-refractivity contribution in [2.24, 2.45) is 0 Å². The van der Waals surface area contributed by atoms with Crippen LogP contribution in [0.3, 0.4) is 0 Å². The summed E-state index contributed by atoms with van der Waals surface area (Å²) in [5, 5.41) is 17.0. The standard InChI is InChI=1S/C17H18N6O2/c1-25-9-14-19-16(23-21-14)10-5-7-11(8-6-10)18-17(24)15-12-3-2-4-13(12)20-22-15/h5-8H,2-4,9H2,1H3,(H,18,24)(H,20,22)(H,19,21,23). The van der Waals surface area contributed by atoms with Crippen molar-refractivity contribution < 1.29 is 9.53 Å². The van der Waals surface area contributed by atoms with Crippen molar-refractivity contribution >= 4 is 11.6 Å². The summed E-state index contributed by atoms with van der Waals surface area (Å²) in [7, 11) is 1.61. The Kier molecular flexibility index (Phi) is 4.02. The number of hydrogen-bond donors (Lipinski definition) is 3. The Morgan fingerprint density at radius 2 is 2.04 bits per heavy atom. The topological polar surface area (TPSA) is 109 Å². The first-order chi connectivity index (χ1) is 12.2. The van der Waals surface area contributed by atoms with Crippen molar-refractivity contribution in [2.75, 3.05) is 12.4 Å². The van der Waals surface area contributed by atoms with E-state index in [-0.39, 0.29) is 5.91 Å². The molecule has 3 N–H and O–H groups in total. The first kappa shape index (κ1) is 15.5. The average molecular weight is 338 g/mol. The van der Waals surface area contributed by atoms with Crippen molar-refractivity contribution in [1.29, 1.82) is 0 Å². The number of hydrogen-bond acceptors (Lipinski definition) is 5. The summed E-state index contributed by atoms with van der Waals surface area (Å²) >= 11 is 0. The molecule has 4 rings (SSSR count). The van der Waals surface area contributed by atoms with Gasteiger partial charge in [-0.1, -0.05) is 0 Å². The number of benzene rings is 1. The van der Waals surface area contributed by atoms with Crippen LogP contribution in [0.25, 0.3) is 11.4 Å². The summed E-state index contributed by atoms with van der Waals surface area (Å²) < 4.78 is 5.02. The Bertz CT molecular complexity index is 896. The van der Waals surface area contributed by atoms with Crippen molar-refractivity contribution in [1.82, 2.24) is 25.4 Å². The van der Waals surface area contributed by atoms with Gasteiger partial charge in [0.15, 0.2) is 17.3 Å². The molecule has 0 spiro atoms. The fraction of sp³-hybridized carbons (Fsp3) is 0.294. The minimum absolute atomic E-state index is 0.188. The highest BCUT2D eigenvalue weighted by molar-refractivity contribution is 6.04. The zero-order chi connectivity index (χ0) is 17.2. The maximum Gasteiger partial charge on any atom is 0.276 e. The molecule has 1 aliphatic rings. The maximum absolute atomic E-state index is 12.4. The SMILES string of the molecule is COCc1nc(-c2ccc(NC(=O)c3n[nH]c4c3CCC4)cc2)n[nH]1. The molecule has 0 bridgehead atoms. The second-order valence-corrected chi connectivity index (χ2v) is 5.95. The number of anilines is 1. The van der Waals surface area contributed by atoms with Crippen LogP contribution < -0.4 is 5.32 Å². The molecule has 2 aromatic heterocycles. The van der Waals surface area contributed by atoms with Crippen LogP contribution in [0.15, 0.2) is 24.3 Å². The number of aromatic amines is 2. The van der Waals surface area contributed by atoms with E-state index in [2.05, 4.69) is 30.7 Å². The third-order valence-electron chi connectivity index (χ3n) is 4.24. The molecule has 0 unspecified atom stereocenters. The van der Waals surface area contributed by atoms with E-state index in [0.29, 0.717) is 29.6 Å². The number of H-pyrrole nitrogens is 2. The van der Waals surface area contributed by atoms with Crippen LogP contribution in [0.5, 0.6) is 0 Å². The van der Waals surface area contributed by atoms with Crippen LogP contribution in [0.4, 0.5) is 5.69 Å². The van der Waals surface area contributed by atoms with Crippen molar-refractivity contribution in [2.45, 2.75) is 25.9 Å². The molecule has 0 saturated carbocycles. The van der Waals surface area contributed by atoms with E-state index >= 15 is 0 Å². The van der Waals surface area contributed by atoms with Gasteiger partial charge in [0.05, 0.1) is 0 Å². The number of aromatic nitrogens is 5. The molecular weight excluding hydrogens is 320 g/mol. The van der Waals surface area contributed by atoms with E-state index in [1.807, 2.05) is 24.3 Å². The van der Waals surface area contributed by atoms with E-state index in [9.17, 15) is 4.79 Å². The Balaban J connectivity index is 1.47. The molecule has 0 fully saturated rings. The number of fused-ring (bicyclic) bond motifs is 1. The van der Waals surface area contributed by atoms with E-state index in [1.165, 1.54) is 0 Å². The lowest BCUT2D eigenvalue weighted by molar-refractivity contribution is 0.102. The molecule has 1 aliphatic carbocycles. The molecule has 128 valence electrons. The predicted octanol–water partition coefficient (Wildman–Crippen LogP) is 2.08. The minimum Gasteiger partial charge on any atom is -0.377 e. The van der Waals surface area contributed by atoms with Gasteiger partial charge in [0.2, 0.25) is 0 Å². The lowest BCUT2D eigenvalue weighted by Crippen LogP contribution is -2.14. The van der Waals surface area contributed by atoms with Crippen LogP contribution in [0.1, 0.15) is 34.0 Å². The fourth-order valence-corrected chi connectivity index (χ4v) is 3.03. The quantitative estimate of drug-likeness (QED) is 0.660. The number of rotatable bonds is 5. The van der Waals surface area contributed by atoms with Crippen LogP contribution >= 0.6 is 0 Å². The minimum atomic E-state index is -0.188. The third kappa shape index (κ3) is 3.03. The fourth-order valence-electron chi connectivity index (χ4n) is 3.03. The highest BCUT2D eigenvalue weighted by Crippen LogP contribution is 2.24. The number of ether oxygens (including phenoxy) is 1. The second-order valence-electron chi connectivity index (χ2n) is 5.95. The largest absolute Gasteiger partial charge is 0.377 e. The van der Waals surface area contributed by atoms with Crippen LogP contribution in [0.2, 0.25) is 0 Å². The molecule has 2 heterocycles. The van der Waals surface area contributed by atoms with Gasteiger partial charge in [0.1, 0.15) is 6.61 Å². The van der Waals surface area contributed by atoms with Crippen LogP contribution in [0, 0.1) is 0 Å². The lowest BCUT2D eigenvalue weighted by Gasteiger charge is -2.05. The number of nitrogens with one attached hydrogen (secondary N) is 3. The summed E-state index contributed by atoms with van der Waals surface area (Å²) in [5.41, 5.74) is 4.18. The number of aryl methyl sites for hydroxylation is 1. The Labute approximate surface area is 144 Å². The van der Waals surface area contributed by atoms with Gasteiger partial charge in [0.25, 0.3) is 5.91 Å². The molecular formula is C17H18N6O2. The molecule has 0 aliphatic heterocycles. The number of methoxy groups -OCH3 is 1. The number of amides is 1. The van der Waals surface area contributed by atoms with Gasteiger partial charge in [-0.3, -0.25) is 15.0 Å². The molecule has 0 atom stereocenters. The number of carbonyl (C=O) groups excluding carboxylic acids is 1. The smallest absolute Gasteiger partial charge is 0.276 e. The van der Waals surface area contributed by atoms with Gasteiger partial charge in [-0.2, -0.15) is 10.2 Å². The molecule has 8 heteroatoms. The normalized spacial score (nSPS) is 13.0. The highest BCUT2D eigenvalue weighted by atomic mass is 16.5. The maximum atomic E-state index is 12.4. The average Bonchev–Trinajstić information content (AvgIpc) is 3.32. The zero-order valence-corrected chi connectivity index (χ0v) is 13.8. The number of nitrogens with zero attached hydrogens (tertiary/aromatic N) is 3. The molecule has 0 saturated heterocycles. The Morgan fingerprint density at radius 3 is 2.84 bits per heavy atom. The van der Waals surface area contributed by atoms with Gasteiger partial charge >= 0.3 is 0 Å². The third-order valence-corrected chi connectivity index (χ3v) is 4.24. The van der Waals surface area contributed by atoms with Gasteiger partial charge in [-0.05, 0) is 43.5 Å². The summed E-state index contributed by atoms with van der Waals surface area (Å²) in [5.74, 6) is 1.07. The molecule has 3 aromatic rings. The highest BCUT2D eigenvalue weighted by Gasteiger charge is 2.23. The first-order valence-corrected chi connectivity index (χ1v) is 8.12. The first-order valence-electron chi connectivity index (χ1n) is 8.12. The molecule has 8 nitrogen and oxygen atoms in total. The van der Waals surface area contributed by atoms with Crippen molar-refractivity contribution in [3.05, 3.63) is 47.0 Å². The van der Waals surface area contributed by atoms with Crippen LogP contribution in [-0.2, 0) is 24.2 Å². The van der Waals surface area contributed by atoms with Crippen molar-refractivity contribution in [3.8, 4) is 11.4 Å². The van der Waals surface area contributed by atoms with Gasteiger partial charge < -0.3 is 10.1 Å². The van der Waals surface area contributed by atoms with Gasteiger partial charge in [0, 0.05) is 29.6 Å². The lowest BCUT2D eigenvalue weighted by atomic mass is 10.1. The van der Waals surface area contributed by atoms with Crippen molar-refractivity contribution in [3.63, 3.8) is 0 Å². The summed E-state index contributed by atoms with van der Waals surface area (Å²) in [4.78, 5) is 16.8. The summed E-state index contributed by atoms with van der Waals surface area (Å²) in [6.07, 6.45) is 2.94. The Morgan fingerprint density at radius 1 is 1.20 bits per heavy atom. The van der Waals surface area contributed by atoms with E-state index < -0.39 is 0 Å². The van der Waals surface area contributed by atoms with E-state index in [4.69, 9.17) is 4.74 Å². The zero-order valence-electron chi connectivity index (χ0n) is 13.8. The molecule has 0 radical (unpaired) electrons. The molecule has 25 heavy (non-hydrogen) atoms. The summed E-state index contributed by atoms with van der Waals surface area (Å²) in [6, 6.07) is 7.38. The molecule has 1 aromatic carbocycles. The molecule has 1 amide bonds. The summed E-state index contributed by atoms with van der Waals surface area (Å²) in [6.45, 7) is 0.384. The van der Waals surface area contributed by atoms with Gasteiger partial charge in [-0.15, -0.1) is 0 Å². The number of carbonyl (C=O) groups is 1. The van der Waals surface area contributed by atoms with E-state index in [1.54, 1.807) is 7.11 Å². The predicted molar refractivity (Wildman–Crippen MR) is 91.1 cm³/mol. The van der Waals surface area contributed by atoms with Crippen LogP contribution in [-0.4, -0.2) is 38.4 Å². The van der Waals surface area contributed by atoms with E-state index in [0.717, 1.165) is 36.1 Å². The van der Waals surface area contributed by atoms with Gasteiger partial charge in [-0.25, -0.2) is 4.98 Å². The monoisotopic (exact) mass is 338 g/mol.